The van der Waals surface area contributed by atoms with Crippen LogP contribution >= 0.6 is 11.8 Å². The van der Waals surface area contributed by atoms with Gasteiger partial charge < -0.3 is 10.1 Å². The highest BCUT2D eigenvalue weighted by atomic mass is 32.2. The highest BCUT2D eigenvalue weighted by Gasteiger charge is 2.33. The van der Waals surface area contributed by atoms with Gasteiger partial charge in [-0.05, 0) is 57.1 Å². The van der Waals surface area contributed by atoms with Gasteiger partial charge in [0, 0.05) is 0 Å². The third kappa shape index (κ3) is 8.53. The van der Waals surface area contributed by atoms with E-state index in [0.717, 1.165) is 31.1 Å². The van der Waals surface area contributed by atoms with Crippen molar-refractivity contribution in [3.05, 3.63) is 0 Å². The zero-order valence-electron chi connectivity index (χ0n) is 13.3. The molecule has 0 aliphatic carbocycles. The lowest BCUT2D eigenvalue weighted by atomic mass is 9.99. The summed E-state index contributed by atoms with van der Waals surface area (Å²) in [5, 5.41) is 3.34. The molecule has 0 aromatic rings. The number of hydrogen-bond donors (Lipinski definition) is 1. The molecule has 1 N–H and O–H groups in total. The predicted octanol–water partition coefficient (Wildman–Crippen LogP) is 3.48. The molecule has 0 spiro atoms. The molecule has 0 fully saturated rings. The Morgan fingerprint density at radius 2 is 2.00 bits per heavy atom. The third-order valence-electron chi connectivity index (χ3n) is 3.08. The van der Waals surface area contributed by atoms with Gasteiger partial charge in [-0.15, -0.1) is 0 Å². The van der Waals surface area contributed by atoms with Gasteiger partial charge in [-0.1, -0.05) is 20.8 Å². The topological polar surface area (TPSA) is 38.3 Å². The second kappa shape index (κ2) is 10.6. The molecule has 1 atom stereocenters. The summed E-state index contributed by atoms with van der Waals surface area (Å²) in [4.78, 5) is 12.0. The third-order valence-corrected chi connectivity index (χ3v) is 4.09. The maximum absolute atomic E-state index is 12.0. The fourth-order valence-corrected chi connectivity index (χ4v) is 3.05. The number of ether oxygens (including phenoxy) is 1. The molecule has 0 rings (SSSR count). The van der Waals surface area contributed by atoms with Crippen LogP contribution < -0.4 is 5.32 Å². The van der Waals surface area contributed by atoms with Crippen molar-refractivity contribution in [1.29, 1.82) is 0 Å². The standard InChI is InChI=1S/C15H31NO2S/c1-6-10-16-15(5,14(17)18-7-2)9-12-19-11-8-13(3)4/h13,16H,6-12H2,1-5H3. The van der Waals surface area contributed by atoms with Crippen molar-refractivity contribution >= 4 is 17.7 Å². The van der Waals surface area contributed by atoms with Crippen LogP contribution in [0.1, 0.15) is 53.9 Å². The fourth-order valence-electron chi connectivity index (χ4n) is 1.65. The summed E-state index contributed by atoms with van der Waals surface area (Å²) >= 11 is 1.93. The van der Waals surface area contributed by atoms with Crippen molar-refractivity contribution in [2.75, 3.05) is 24.7 Å². The normalized spacial score (nSPS) is 14.4. The van der Waals surface area contributed by atoms with Gasteiger partial charge in [-0.3, -0.25) is 4.79 Å². The van der Waals surface area contributed by atoms with Gasteiger partial charge in [0.1, 0.15) is 5.54 Å². The quantitative estimate of drug-likeness (QED) is 0.467. The van der Waals surface area contributed by atoms with Gasteiger partial charge in [0.25, 0.3) is 0 Å². The highest BCUT2D eigenvalue weighted by molar-refractivity contribution is 7.99. The average Bonchev–Trinajstić information content (AvgIpc) is 2.36. The van der Waals surface area contributed by atoms with Crippen LogP contribution in [0.4, 0.5) is 0 Å². The molecule has 0 heterocycles. The summed E-state index contributed by atoms with van der Waals surface area (Å²) in [5.74, 6) is 2.80. The summed E-state index contributed by atoms with van der Waals surface area (Å²) in [6.07, 6.45) is 3.09. The van der Waals surface area contributed by atoms with E-state index < -0.39 is 5.54 Å². The minimum Gasteiger partial charge on any atom is -0.465 e. The van der Waals surface area contributed by atoms with Crippen LogP contribution in [-0.2, 0) is 9.53 Å². The lowest BCUT2D eigenvalue weighted by Crippen LogP contribution is -2.51. The van der Waals surface area contributed by atoms with Crippen LogP contribution in [0.15, 0.2) is 0 Å². The first-order valence-corrected chi connectivity index (χ1v) is 8.61. The molecular weight excluding hydrogens is 258 g/mol. The maximum atomic E-state index is 12.0. The average molecular weight is 289 g/mol. The Labute approximate surface area is 123 Å². The van der Waals surface area contributed by atoms with Crippen molar-refractivity contribution < 1.29 is 9.53 Å². The monoisotopic (exact) mass is 289 g/mol. The van der Waals surface area contributed by atoms with Crippen molar-refractivity contribution in [3.8, 4) is 0 Å². The summed E-state index contributed by atoms with van der Waals surface area (Å²) in [7, 11) is 0. The zero-order chi connectivity index (χ0) is 14.7. The molecule has 0 bridgehead atoms. The molecule has 4 heteroatoms. The van der Waals surface area contributed by atoms with Gasteiger partial charge in [-0.2, -0.15) is 11.8 Å². The molecule has 0 amide bonds. The molecule has 3 nitrogen and oxygen atoms in total. The Hall–Kier alpha value is -0.220. The number of nitrogens with one attached hydrogen (secondary N) is 1. The Morgan fingerprint density at radius 3 is 2.53 bits per heavy atom. The molecule has 0 aliphatic heterocycles. The van der Waals surface area contributed by atoms with E-state index in [1.54, 1.807) is 0 Å². The maximum Gasteiger partial charge on any atom is 0.326 e. The fraction of sp³-hybridized carbons (Fsp3) is 0.933. The molecule has 0 saturated heterocycles. The summed E-state index contributed by atoms with van der Waals surface area (Å²) in [6, 6.07) is 0. The summed E-state index contributed by atoms with van der Waals surface area (Å²) in [6.45, 7) is 11.7. The second-order valence-electron chi connectivity index (χ2n) is 5.52. The first-order chi connectivity index (χ1) is 8.96. The Balaban J connectivity index is 4.15. The summed E-state index contributed by atoms with van der Waals surface area (Å²) in [5.41, 5.74) is -0.531. The van der Waals surface area contributed by atoms with Crippen LogP contribution in [-0.4, -0.2) is 36.2 Å². The van der Waals surface area contributed by atoms with E-state index in [4.69, 9.17) is 4.74 Å². The first-order valence-electron chi connectivity index (χ1n) is 7.46. The van der Waals surface area contributed by atoms with Crippen molar-refractivity contribution in [3.63, 3.8) is 0 Å². The van der Waals surface area contributed by atoms with E-state index in [1.165, 1.54) is 12.2 Å². The zero-order valence-corrected chi connectivity index (χ0v) is 14.1. The van der Waals surface area contributed by atoms with E-state index in [0.29, 0.717) is 6.61 Å². The van der Waals surface area contributed by atoms with E-state index in [9.17, 15) is 4.79 Å². The SMILES string of the molecule is CCCNC(C)(CCSCCC(C)C)C(=O)OCC. The van der Waals surface area contributed by atoms with Crippen LogP contribution in [0.3, 0.4) is 0 Å². The lowest BCUT2D eigenvalue weighted by Gasteiger charge is -2.28. The summed E-state index contributed by atoms with van der Waals surface area (Å²) < 4.78 is 5.19. The lowest BCUT2D eigenvalue weighted by molar-refractivity contribution is -0.150. The molecule has 0 aromatic heterocycles. The number of carbonyl (C=O) groups is 1. The van der Waals surface area contributed by atoms with Gasteiger partial charge in [0.15, 0.2) is 0 Å². The number of rotatable bonds is 11. The van der Waals surface area contributed by atoms with Crippen molar-refractivity contribution in [2.45, 2.75) is 59.4 Å². The smallest absolute Gasteiger partial charge is 0.326 e. The minimum absolute atomic E-state index is 0.118. The number of thioether (sulfide) groups is 1. The molecule has 0 aromatic carbocycles. The van der Waals surface area contributed by atoms with E-state index in [1.807, 2.05) is 25.6 Å². The molecule has 0 saturated carbocycles. The van der Waals surface area contributed by atoms with E-state index in [2.05, 4.69) is 26.1 Å². The second-order valence-corrected chi connectivity index (χ2v) is 6.75. The molecular formula is C15H31NO2S. The molecule has 19 heavy (non-hydrogen) atoms. The van der Waals surface area contributed by atoms with Crippen LogP contribution in [0.25, 0.3) is 0 Å². The van der Waals surface area contributed by atoms with Gasteiger partial charge >= 0.3 is 5.97 Å². The van der Waals surface area contributed by atoms with Crippen LogP contribution in [0.5, 0.6) is 0 Å². The van der Waals surface area contributed by atoms with Gasteiger partial charge in [-0.25, -0.2) is 0 Å². The molecule has 1 unspecified atom stereocenters. The van der Waals surface area contributed by atoms with Crippen LogP contribution in [0.2, 0.25) is 0 Å². The molecule has 114 valence electrons. The van der Waals surface area contributed by atoms with Crippen molar-refractivity contribution in [1.82, 2.24) is 5.32 Å². The largest absolute Gasteiger partial charge is 0.465 e. The first kappa shape index (κ1) is 18.8. The Kier molecular flexibility index (Phi) is 10.4. The van der Waals surface area contributed by atoms with E-state index >= 15 is 0 Å². The number of hydrogen-bond acceptors (Lipinski definition) is 4. The van der Waals surface area contributed by atoms with E-state index in [-0.39, 0.29) is 5.97 Å². The molecule has 0 radical (unpaired) electrons. The minimum atomic E-state index is -0.531. The predicted molar refractivity (Wildman–Crippen MR) is 84.7 cm³/mol. The van der Waals surface area contributed by atoms with Gasteiger partial charge in [0.2, 0.25) is 0 Å². The van der Waals surface area contributed by atoms with Crippen LogP contribution in [0, 0.1) is 5.92 Å². The Bertz CT molecular complexity index is 246. The Morgan fingerprint density at radius 1 is 1.32 bits per heavy atom. The van der Waals surface area contributed by atoms with Crippen molar-refractivity contribution in [2.24, 2.45) is 5.92 Å². The number of esters is 1. The molecule has 0 aliphatic rings. The highest BCUT2D eigenvalue weighted by Crippen LogP contribution is 2.18. The number of carbonyl (C=O) groups excluding carboxylic acids is 1. The van der Waals surface area contributed by atoms with Gasteiger partial charge in [0.05, 0.1) is 6.61 Å².